The normalized spacial score (nSPS) is 11.2. The first kappa shape index (κ1) is 15.3. The van der Waals surface area contributed by atoms with Crippen molar-refractivity contribution in [3.8, 4) is 0 Å². The van der Waals surface area contributed by atoms with Crippen LogP contribution in [0.3, 0.4) is 0 Å². The van der Waals surface area contributed by atoms with E-state index in [9.17, 15) is 0 Å². The SMILES string of the molecule is Cc1nn(C)c2ncnc(NC(c3ccccc3)c3ccccc3)c12. The third-order valence-corrected chi connectivity index (χ3v) is 4.34. The third-order valence-electron chi connectivity index (χ3n) is 4.34. The number of fused-ring (bicyclic) bond motifs is 1. The largest absolute Gasteiger partial charge is 0.358 e. The highest BCUT2D eigenvalue weighted by Gasteiger charge is 2.18. The maximum absolute atomic E-state index is 4.50. The molecule has 0 radical (unpaired) electrons. The summed E-state index contributed by atoms with van der Waals surface area (Å²) in [5, 5.41) is 9.04. The molecule has 2 aromatic carbocycles. The van der Waals surface area contributed by atoms with Gasteiger partial charge in [-0.25, -0.2) is 9.97 Å². The highest BCUT2D eigenvalue weighted by atomic mass is 15.3. The Morgan fingerprint density at radius 1 is 0.880 bits per heavy atom. The molecule has 0 atom stereocenters. The Morgan fingerprint density at radius 3 is 2.08 bits per heavy atom. The first-order chi connectivity index (χ1) is 12.2. The fourth-order valence-corrected chi connectivity index (χ4v) is 3.17. The molecular formula is C20H19N5. The minimum Gasteiger partial charge on any atom is -0.358 e. The lowest BCUT2D eigenvalue weighted by Gasteiger charge is -2.21. The quantitative estimate of drug-likeness (QED) is 0.617. The van der Waals surface area contributed by atoms with Gasteiger partial charge in [-0.2, -0.15) is 5.10 Å². The molecule has 0 saturated heterocycles. The van der Waals surface area contributed by atoms with Crippen LogP contribution in [0.4, 0.5) is 5.82 Å². The smallest absolute Gasteiger partial charge is 0.163 e. The summed E-state index contributed by atoms with van der Waals surface area (Å²) in [4.78, 5) is 8.86. The highest BCUT2D eigenvalue weighted by molar-refractivity contribution is 5.89. The van der Waals surface area contributed by atoms with Crippen molar-refractivity contribution in [3.63, 3.8) is 0 Å². The van der Waals surface area contributed by atoms with Crippen LogP contribution in [0.15, 0.2) is 67.0 Å². The molecule has 0 aliphatic heterocycles. The minimum absolute atomic E-state index is 0.0000983. The van der Waals surface area contributed by atoms with E-state index in [0.717, 1.165) is 22.5 Å². The van der Waals surface area contributed by atoms with Crippen LogP contribution in [0.5, 0.6) is 0 Å². The summed E-state index contributed by atoms with van der Waals surface area (Å²) in [6, 6.07) is 20.8. The monoisotopic (exact) mass is 329 g/mol. The standard InChI is InChI=1S/C20H19N5/c1-14-17-19(21-13-22-20(17)25(2)24-14)23-18(15-9-5-3-6-10-15)16-11-7-4-8-12-16/h3-13,18H,1-2H3,(H,21,22,23). The molecule has 0 saturated carbocycles. The predicted molar refractivity (Wildman–Crippen MR) is 99.4 cm³/mol. The van der Waals surface area contributed by atoms with Crippen LogP contribution in [0.1, 0.15) is 22.9 Å². The highest BCUT2D eigenvalue weighted by Crippen LogP contribution is 2.30. The fraction of sp³-hybridized carbons (Fsp3) is 0.150. The van der Waals surface area contributed by atoms with Gasteiger partial charge in [-0.15, -0.1) is 0 Å². The zero-order chi connectivity index (χ0) is 17.2. The molecule has 1 N–H and O–H groups in total. The van der Waals surface area contributed by atoms with E-state index in [1.54, 1.807) is 11.0 Å². The van der Waals surface area contributed by atoms with Gasteiger partial charge in [-0.1, -0.05) is 60.7 Å². The maximum atomic E-state index is 4.50. The molecule has 2 heterocycles. The van der Waals surface area contributed by atoms with Gasteiger partial charge in [0.1, 0.15) is 12.1 Å². The van der Waals surface area contributed by atoms with Gasteiger partial charge in [-0.05, 0) is 18.1 Å². The number of aromatic nitrogens is 4. The van der Waals surface area contributed by atoms with Gasteiger partial charge in [0, 0.05) is 7.05 Å². The van der Waals surface area contributed by atoms with Gasteiger partial charge >= 0.3 is 0 Å². The van der Waals surface area contributed by atoms with Crippen molar-refractivity contribution in [3.05, 3.63) is 83.8 Å². The lowest BCUT2D eigenvalue weighted by molar-refractivity contribution is 0.773. The Balaban J connectivity index is 1.83. The van der Waals surface area contributed by atoms with Crippen LogP contribution >= 0.6 is 0 Å². The summed E-state index contributed by atoms with van der Waals surface area (Å²) < 4.78 is 1.79. The van der Waals surface area contributed by atoms with Crippen LogP contribution in [0, 0.1) is 6.92 Å². The lowest BCUT2D eigenvalue weighted by atomic mass is 9.98. The summed E-state index contributed by atoms with van der Waals surface area (Å²) in [6.07, 6.45) is 1.58. The Morgan fingerprint density at radius 2 is 1.48 bits per heavy atom. The zero-order valence-corrected chi connectivity index (χ0v) is 14.2. The van der Waals surface area contributed by atoms with E-state index >= 15 is 0 Å². The van der Waals surface area contributed by atoms with Crippen molar-refractivity contribution in [2.75, 3.05) is 5.32 Å². The first-order valence-electron chi connectivity index (χ1n) is 8.25. The van der Waals surface area contributed by atoms with Crippen molar-refractivity contribution in [2.45, 2.75) is 13.0 Å². The molecule has 0 unspecified atom stereocenters. The molecule has 5 heteroatoms. The van der Waals surface area contributed by atoms with Crippen molar-refractivity contribution in [2.24, 2.45) is 7.05 Å². The molecule has 25 heavy (non-hydrogen) atoms. The zero-order valence-electron chi connectivity index (χ0n) is 14.2. The molecule has 0 bridgehead atoms. The second-order valence-corrected chi connectivity index (χ2v) is 6.03. The van der Waals surface area contributed by atoms with Crippen LogP contribution in [0.25, 0.3) is 11.0 Å². The second-order valence-electron chi connectivity index (χ2n) is 6.03. The Hall–Kier alpha value is -3.21. The predicted octanol–water partition coefficient (Wildman–Crippen LogP) is 3.87. The topological polar surface area (TPSA) is 55.6 Å². The average molecular weight is 329 g/mol. The number of aryl methyl sites for hydroxylation is 2. The first-order valence-corrected chi connectivity index (χ1v) is 8.25. The summed E-state index contributed by atoms with van der Waals surface area (Å²) in [5.74, 6) is 0.799. The Kier molecular flexibility index (Phi) is 3.90. The number of anilines is 1. The molecular weight excluding hydrogens is 310 g/mol. The summed E-state index contributed by atoms with van der Waals surface area (Å²) in [6.45, 7) is 1.98. The number of hydrogen-bond acceptors (Lipinski definition) is 4. The molecule has 0 fully saturated rings. The molecule has 5 nitrogen and oxygen atoms in total. The number of hydrogen-bond donors (Lipinski definition) is 1. The van der Waals surface area contributed by atoms with Gasteiger partial charge in [0.25, 0.3) is 0 Å². The number of benzene rings is 2. The molecule has 4 rings (SSSR count). The number of nitrogens with one attached hydrogen (secondary N) is 1. The van der Waals surface area contributed by atoms with Crippen LogP contribution in [0.2, 0.25) is 0 Å². The van der Waals surface area contributed by atoms with Gasteiger partial charge < -0.3 is 5.32 Å². The summed E-state index contributed by atoms with van der Waals surface area (Å²) >= 11 is 0. The molecule has 0 amide bonds. The number of rotatable bonds is 4. The third kappa shape index (κ3) is 2.85. The fourth-order valence-electron chi connectivity index (χ4n) is 3.17. The molecule has 0 aliphatic rings. The van der Waals surface area contributed by atoms with E-state index in [1.165, 1.54) is 11.1 Å². The molecule has 0 spiro atoms. The van der Waals surface area contributed by atoms with Gasteiger partial charge in [-0.3, -0.25) is 4.68 Å². The molecule has 0 aliphatic carbocycles. The number of nitrogens with zero attached hydrogens (tertiary/aromatic N) is 4. The Labute approximate surface area is 146 Å². The van der Waals surface area contributed by atoms with Crippen LogP contribution < -0.4 is 5.32 Å². The average Bonchev–Trinajstić information content (AvgIpc) is 2.96. The van der Waals surface area contributed by atoms with E-state index in [-0.39, 0.29) is 6.04 Å². The minimum atomic E-state index is 0.0000983. The van der Waals surface area contributed by atoms with E-state index < -0.39 is 0 Å². The van der Waals surface area contributed by atoms with E-state index in [0.29, 0.717) is 0 Å². The lowest BCUT2D eigenvalue weighted by Crippen LogP contribution is -2.13. The maximum Gasteiger partial charge on any atom is 0.163 e. The molecule has 4 aromatic rings. The van der Waals surface area contributed by atoms with E-state index in [2.05, 4.69) is 68.9 Å². The second kappa shape index (κ2) is 6.36. The van der Waals surface area contributed by atoms with Gasteiger partial charge in [0.05, 0.1) is 17.1 Å². The van der Waals surface area contributed by atoms with Crippen molar-refractivity contribution >= 4 is 16.9 Å². The molecule has 124 valence electrons. The summed E-state index contributed by atoms with van der Waals surface area (Å²) in [5.41, 5.74) is 4.11. The summed E-state index contributed by atoms with van der Waals surface area (Å²) in [7, 11) is 1.90. The van der Waals surface area contributed by atoms with Crippen molar-refractivity contribution in [1.29, 1.82) is 0 Å². The van der Waals surface area contributed by atoms with Crippen molar-refractivity contribution < 1.29 is 0 Å². The van der Waals surface area contributed by atoms with E-state index in [4.69, 9.17) is 0 Å². The van der Waals surface area contributed by atoms with Gasteiger partial charge in [0.2, 0.25) is 0 Å². The van der Waals surface area contributed by atoms with Crippen LogP contribution in [-0.2, 0) is 7.05 Å². The molecule has 2 aromatic heterocycles. The van der Waals surface area contributed by atoms with Crippen LogP contribution in [-0.4, -0.2) is 19.7 Å². The van der Waals surface area contributed by atoms with Gasteiger partial charge in [0.15, 0.2) is 5.65 Å². The van der Waals surface area contributed by atoms with Crippen molar-refractivity contribution in [1.82, 2.24) is 19.7 Å². The van der Waals surface area contributed by atoms with E-state index in [1.807, 2.05) is 26.1 Å². The Bertz CT molecular complexity index is 953.